The highest BCUT2D eigenvalue weighted by Gasteiger charge is 2.19. The number of halogens is 5. The van der Waals surface area contributed by atoms with Crippen molar-refractivity contribution in [2.45, 2.75) is 6.04 Å². The van der Waals surface area contributed by atoms with Gasteiger partial charge in [-0.25, -0.2) is 17.6 Å². The highest BCUT2D eigenvalue weighted by molar-refractivity contribution is 9.10. The van der Waals surface area contributed by atoms with Crippen LogP contribution >= 0.6 is 15.9 Å². The Morgan fingerprint density at radius 1 is 0.842 bits per heavy atom. The van der Waals surface area contributed by atoms with Gasteiger partial charge in [-0.2, -0.15) is 0 Å². The lowest BCUT2D eigenvalue weighted by molar-refractivity contribution is 0.487. The van der Waals surface area contributed by atoms with E-state index >= 15 is 0 Å². The van der Waals surface area contributed by atoms with Crippen molar-refractivity contribution in [3.63, 3.8) is 0 Å². The molecule has 0 spiro atoms. The maximum absolute atomic E-state index is 13.6. The molecule has 100 valence electrons. The van der Waals surface area contributed by atoms with E-state index in [9.17, 15) is 17.6 Å². The topological polar surface area (TPSA) is 26.0 Å². The van der Waals surface area contributed by atoms with Gasteiger partial charge in [-0.1, -0.05) is 15.9 Å². The predicted octanol–water partition coefficient (Wildman–Crippen LogP) is 4.05. The second kappa shape index (κ2) is 5.30. The molecular weight excluding hydrogens is 326 g/mol. The zero-order valence-electron chi connectivity index (χ0n) is 9.43. The van der Waals surface area contributed by atoms with Gasteiger partial charge in [0, 0.05) is 16.1 Å². The Balaban J connectivity index is 2.52. The molecule has 0 aliphatic carbocycles. The van der Waals surface area contributed by atoms with Crippen molar-refractivity contribution >= 4 is 15.9 Å². The summed E-state index contributed by atoms with van der Waals surface area (Å²) in [5, 5.41) is 0. The largest absolute Gasteiger partial charge is 0.320 e. The van der Waals surface area contributed by atoms with Crippen LogP contribution in [0.2, 0.25) is 0 Å². The van der Waals surface area contributed by atoms with Crippen molar-refractivity contribution in [2.75, 3.05) is 0 Å². The molecular formula is C13H8BrF4N. The molecule has 19 heavy (non-hydrogen) atoms. The molecule has 0 aliphatic heterocycles. The Morgan fingerprint density at radius 3 is 2.16 bits per heavy atom. The molecule has 0 amide bonds. The summed E-state index contributed by atoms with van der Waals surface area (Å²) in [7, 11) is 0. The first-order valence-electron chi connectivity index (χ1n) is 5.25. The molecule has 0 saturated heterocycles. The first-order chi connectivity index (χ1) is 8.90. The fourth-order valence-electron chi connectivity index (χ4n) is 1.70. The van der Waals surface area contributed by atoms with E-state index in [-0.39, 0.29) is 11.1 Å². The fraction of sp³-hybridized carbons (Fsp3) is 0.0769. The van der Waals surface area contributed by atoms with Crippen LogP contribution in [0.3, 0.4) is 0 Å². The minimum Gasteiger partial charge on any atom is -0.320 e. The zero-order valence-corrected chi connectivity index (χ0v) is 11.0. The third-order valence-corrected chi connectivity index (χ3v) is 3.39. The van der Waals surface area contributed by atoms with Gasteiger partial charge in [-0.3, -0.25) is 0 Å². The second-order valence-corrected chi connectivity index (χ2v) is 4.79. The molecule has 6 heteroatoms. The monoisotopic (exact) mass is 333 g/mol. The maximum atomic E-state index is 13.6. The van der Waals surface area contributed by atoms with E-state index in [2.05, 4.69) is 15.9 Å². The minimum atomic E-state index is -1.30. The molecule has 1 atom stereocenters. The van der Waals surface area contributed by atoms with Crippen molar-refractivity contribution in [1.82, 2.24) is 0 Å². The van der Waals surface area contributed by atoms with Gasteiger partial charge in [0.1, 0.15) is 11.6 Å². The average molecular weight is 334 g/mol. The summed E-state index contributed by atoms with van der Waals surface area (Å²) in [5.41, 5.74) is 5.78. The van der Waals surface area contributed by atoms with Crippen molar-refractivity contribution in [1.29, 1.82) is 0 Å². The van der Waals surface area contributed by atoms with Crippen molar-refractivity contribution in [3.8, 4) is 0 Å². The van der Waals surface area contributed by atoms with Crippen LogP contribution in [0.15, 0.2) is 34.8 Å². The van der Waals surface area contributed by atoms with E-state index in [1.165, 1.54) is 12.1 Å². The summed E-state index contributed by atoms with van der Waals surface area (Å²) in [4.78, 5) is 0. The number of benzene rings is 2. The molecule has 2 aromatic carbocycles. The van der Waals surface area contributed by atoms with Crippen LogP contribution in [-0.2, 0) is 0 Å². The van der Waals surface area contributed by atoms with Gasteiger partial charge in [0.2, 0.25) is 0 Å². The van der Waals surface area contributed by atoms with E-state index in [1.54, 1.807) is 0 Å². The molecule has 0 fully saturated rings. The second-order valence-electron chi connectivity index (χ2n) is 3.93. The SMILES string of the molecule is NC(c1cc(F)c(F)cc1F)c1cc(F)ccc1Br. The average Bonchev–Trinajstić information content (AvgIpc) is 2.36. The summed E-state index contributed by atoms with van der Waals surface area (Å²) in [6, 6.07) is 3.68. The fourth-order valence-corrected chi connectivity index (χ4v) is 2.19. The van der Waals surface area contributed by atoms with Crippen LogP contribution in [0.25, 0.3) is 0 Å². The first-order valence-corrected chi connectivity index (χ1v) is 6.04. The highest BCUT2D eigenvalue weighted by atomic mass is 79.9. The standard InChI is InChI=1S/C13H8BrF4N/c14-9-2-1-6(15)3-7(9)13(19)8-4-11(17)12(18)5-10(8)16/h1-5,13H,19H2. The van der Waals surface area contributed by atoms with Crippen molar-refractivity contribution in [3.05, 3.63) is 69.2 Å². The number of hydrogen-bond acceptors (Lipinski definition) is 1. The molecule has 0 aliphatic rings. The molecule has 1 nitrogen and oxygen atoms in total. The Labute approximate surface area is 115 Å². The molecule has 0 bridgehead atoms. The van der Waals surface area contributed by atoms with Crippen LogP contribution < -0.4 is 5.73 Å². The molecule has 2 aromatic rings. The van der Waals surface area contributed by atoms with Gasteiger partial charge in [0.25, 0.3) is 0 Å². The Bertz CT molecular complexity index is 630. The summed E-state index contributed by atoms with van der Waals surface area (Å²) >= 11 is 3.15. The lowest BCUT2D eigenvalue weighted by Crippen LogP contribution is -2.15. The quantitative estimate of drug-likeness (QED) is 0.651. The van der Waals surface area contributed by atoms with E-state index in [0.717, 1.165) is 6.07 Å². The summed E-state index contributed by atoms with van der Waals surface area (Å²) in [5.74, 6) is -4.05. The van der Waals surface area contributed by atoms with Gasteiger partial charge in [-0.15, -0.1) is 0 Å². The molecule has 0 heterocycles. The Hall–Kier alpha value is -1.40. The number of rotatable bonds is 2. The molecule has 1 unspecified atom stereocenters. The van der Waals surface area contributed by atoms with E-state index < -0.39 is 29.3 Å². The first kappa shape index (κ1) is 14.0. The summed E-state index contributed by atoms with van der Waals surface area (Å²) < 4.78 is 53.2. The van der Waals surface area contributed by atoms with Crippen LogP contribution in [0.1, 0.15) is 17.2 Å². The van der Waals surface area contributed by atoms with Crippen LogP contribution in [-0.4, -0.2) is 0 Å². The summed E-state index contributed by atoms with van der Waals surface area (Å²) in [6.07, 6.45) is 0. The predicted molar refractivity (Wildman–Crippen MR) is 66.4 cm³/mol. The Morgan fingerprint density at radius 2 is 1.47 bits per heavy atom. The van der Waals surface area contributed by atoms with Crippen molar-refractivity contribution < 1.29 is 17.6 Å². The van der Waals surface area contributed by atoms with Crippen molar-refractivity contribution in [2.24, 2.45) is 5.73 Å². The van der Waals surface area contributed by atoms with Crippen LogP contribution in [0.5, 0.6) is 0 Å². The van der Waals surface area contributed by atoms with Gasteiger partial charge in [0.05, 0.1) is 6.04 Å². The normalized spacial score (nSPS) is 12.5. The van der Waals surface area contributed by atoms with E-state index in [1.807, 2.05) is 0 Å². The van der Waals surface area contributed by atoms with E-state index in [0.29, 0.717) is 16.6 Å². The molecule has 0 radical (unpaired) electrons. The molecule has 0 aromatic heterocycles. The third-order valence-electron chi connectivity index (χ3n) is 2.67. The molecule has 0 saturated carbocycles. The maximum Gasteiger partial charge on any atom is 0.161 e. The molecule has 2 N–H and O–H groups in total. The summed E-state index contributed by atoms with van der Waals surface area (Å²) in [6.45, 7) is 0. The smallest absolute Gasteiger partial charge is 0.161 e. The Kier molecular flexibility index (Phi) is 3.91. The lowest BCUT2D eigenvalue weighted by Gasteiger charge is -2.15. The number of hydrogen-bond donors (Lipinski definition) is 1. The van der Waals surface area contributed by atoms with Gasteiger partial charge in [0.15, 0.2) is 11.6 Å². The lowest BCUT2D eigenvalue weighted by atomic mass is 9.99. The van der Waals surface area contributed by atoms with Gasteiger partial charge < -0.3 is 5.73 Å². The van der Waals surface area contributed by atoms with Crippen LogP contribution in [0.4, 0.5) is 17.6 Å². The van der Waals surface area contributed by atoms with Gasteiger partial charge >= 0.3 is 0 Å². The number of nitrogens with two attached hydrogens (primary N) is 1. The zero-order chi connectivity index (χ0) is 14.2. The van der Waals surface area contributed by atoms with Crippen LogP contribution in [0, 0.1) is 23.3 Å². The molecule has 2 rings (SSSR count). The third kappa shape index (κ3) is 2.79. The highest BCUT2D eigenvalue weighted by Crippen LogP contribution is 2.29. The van der Waals surface area contributed by atoms with E-state index in [4.69, 9.17) is 5.73 Å². The minimum absolute atomic E-state index is 0.241. The van der Waals surface area contributed by atoms with Gasteiger partial charge in [-0.05, 0) is 29.8 Å².